The van der Waals surface area contributed by atoms with Crippen LogP contribution in [0.4, 0.5) is 0 Å². The van der Waals surface area contributed by atoms with Gasteiger partial charge in [0.15, 0.2) is 5.17 Å². The molecule has 94 valence electrons. The molecule has 0 spiro atoms. The maximum Gasteiger partial charge on any atom is 0.218 e. The Bertz CT molecular complexity index is 488. The average molecular weight is 261 g/mol. The quantitative estimate of drug-likeness (QED) is 0.879. The van der Waals surface area contributed by atoms with Crippen molar-refractivity contribution in [2.75, 3.05) is 12.3 Å². The van der Waals surface area contributed by atoms with Gasteiger partial charge in [-0.15, -0.1) is 0 Å². The Hall–Kier alpha value is -1.49. The van der Waals surface area contributed by atoms with E-state index in [1.165, 1.54) is 5.56 Å². The van der Waals surface area contributed by atoms with Crippen molar-refractivity contribution in [3.8, 4) is 0 Å². The molecule has 4 nitrogen and oxygen atoms in total. The highest BCUT2D eigenvalue weighted by Gasteiger charge is 2.37. The van der Waals surface area contributed by atoms with E-state index in [1.807, 2.05) is 18.2 Å². The number of hydrogen-bond acceptors (Lipinski definition) is 4. The van der Waals surface area contributed by atoms with E-state index in [9.17, 15) is 4.79 Å². The Morgan fingerprint density at radius 2 is 2.22 bits per heavy atom. The van der Waals surface area contributed by atoms with Crippen LogP contribution in [-0.2, 0) is 4.79 Å². The minimum absolute atomic E-state index is 0.0185. The summed E-state index contributed by atoms with van der Waals surface area (Å²) in [5.41, 5.74) is 1.24. The fourth-order valence-corrected chi connectivity index (χ4v) is 3.49. The molecule has 1 fully saturated rings. The number of benzene rings is 1. The second-order valence-corrected chi connectivity index (χ2v) is 5.50. The molecule has 5 heteroatoms. The van der Waals surface area contributed by atoms with Gasteiger partial charge in [-0.05, 0) is 5.56 Å². The van der Waals surface area contributed by atoms with Gasteiger partial charge >= 0.3 is 0 Å². The monoisotopic (exact) mass is 261 g/mol. The summed E-state index contributed by atoms with van der Waals surface area (Å²) >= 11 is 1.72. The third-order valence-corrected chi connectivity index (χ3v) is 4.26. The van der Waals surface area contributed by atoms with Crippen LogP contribution in [0.15, 0.2) is 35.3 Å². The summed E-state index contributed by atoms with van der Waals surface area (Å²) < 4.78 is 0. The smallest absolute Gasteiger partial charge is 0.218 e. The SMILES string of the molecule is CC(=O)NC1CSC2=NC(c3ccccc3)CN21. The Kier molecular flexibility index (Phi) is 2.99. The summed E-state index contributed by atoms with van der Waals surface area (Å²) in [6, 6.07) is 10.5. The topological polar surface area (TPSA) is 44.7 Å². The molecule has 0 radical (unpaired) electrons. The molecule has 2 heterocycles. The van der Waals surface area contributed by atoms with Crippen LogP contribution in [0.25, 0.3) is 0 Å². The summed E-state index contributed by atoms with van der Waals surface area (Å²) in [6.45, 7) is 2.42. The van der Waals surface area contributed by atoms with Crippen molar-refractivity contribution in [1.29, 1.82) is 0 Å². The minimum atomic E-state index is 0.0185. The second-order valence-electron chi connectivity index (χ2n) is 4.52. The van der Waals surface area contributed by atoms with Crippen LogP contribution in [0, 0.1) is 0 Å². The number of amidine groups is 1. The molecule has 0 saturated carbocycles. The summed E-state index contributed by atoms with van der Waals surface area (Å²) in [5, 5.41) is 4.03. The van der Waals surface area contributed by atoms with Crippen molar-refractivity contribution in [3.63, 3.8) is 0 Å². The molecular formula is C13H15N3OS. The van der Waals surface area contributed by atoms with Crippen LogP contribution in [0.3, 0.4) is 0 Å². The zero-order chi connectivity index (χ0) is 12.5. The fraction of sp³-hybridized carbons (Fsp3) is 0.385. The van der Waals surface area contributed by atoms with E-state index in [-0.39, 0.29) is 18.1 Å². The van der Waals surface area contributed by atoms with Crippen LogP contribution in [0.2, 0.25) is 0 Å². The van der Waals surface area contributed by atoms with E-state index < -0.39 is 0 Å². The average Bonchev–Trinajstić information content (AvgIpc) is 2.92. The Labute approximate surface area is 110 Å². The Morgan fingerprint density at radius 1 is 1.44 bits per heavy atom. The van der Waals surface area contributed by atoms with Gasteiger partial charge in [-0.1, -0.05) is 42.1 Å². The van der Waals surface area contributed by atoms with Crippen LogP contribution < -0.4 is 5.32 Å². The number of carbonyl (C=O) groups is 1. The Morgan fingerprint density at radius 3 is 2.94 bits per heavy atom. The first kappa shape index (κ1) is 11.6. The summed E-state index contributed by atoms with van der Waals surface area (Å²) in [6.07, 6.45) is 0.0972. The van der Waals surface area contributed by atoms with Gasteiger partial charge in [0, 0.05) is 19.2 Å². The van der Waals surface area contributed by atoms with Crippen molar-refractivity contribution >= 4 is 22.8 Å². The second kappa shape index (κ2) is 4.65. The Balaban J connectivity index is 1.75. The lowest BCUT2D eigenvalue weighted by Gasteiger charge is -2.23. The van der Waals surface area contributed by atoms with Crippen LogP contribution in [0.5, 0.6) is 0 Å². The summed E-state index contributed by atoms with van der Waals surface area (Å²) in [4.78, 5) is 18.1. The van der Waals surface area contributed by atoms with E-state index >= 15 is 0 Å². The zero-order valence-electron chi connectivity index (χ0n) is 10.2. The number of carbonyl (C=O) groups excluding carboxylic acids is 1. The van der Waals surface area contributed by atoms with Gasteiger partial charge < -0.3 is 10.2 Å². The third kappa shape index (κ3) is 2.10. The number of thioether (sulfide) groups is 1. The van der Waals surface area contributed by atoms with Gasteiger partial charge in [0.1, 0.15) is 6.17 Å². The minimum Gasteiger partial charge on any atom is -0.335 e. The number of aliphatic imine (C=N–C) groups is 1. The molecule has 1 aromatic carbocycles. The zero-order valence-corrected chi connectivity index (χ0v) is 11.0. The number of nitrogens with one attached hydrogen (secondary N) is 1. The molecule has 2 aliphatic heterocycles. The van der Waals surface area contributed by atoms with Crippen LogP contribution in [-0.4, -0.2) is 34.4 Å². The maximum atomic E-state index is 11.2. The molecule has 1 N–H and O–H groups in total. The van der Waals surface area contributed by atoms with Crippen molar-refractivity contribution in [2.24, 2.45) is 4.99 Å². The summed E-state index contributed by atoms with van der Waals surface area (Å²) in [5.74, 6) is 0.907. The fourth-order valence-electron chi connectivity index (χ4n) is 2.35. The lowest BCUT2D eigenvalue weighted by Crippen LogP contribution is -2.45. The maximum absolute atomic E-state index is 11.2. The van der Waals surface area contributed by atoms with Gasteiger partial charge in [0.2, 0.25) is 5.91 Å². The van der Waals surface area contributed by atoms with Gasteiger partial charge in [-0.3, -0.25) is 9.79 Å². The molecule has 0 bridgehead atoms. The first-order valence-electron chi connectivity index (χ1n) is 6.03. The van der Waals surface area contributed by atoms with Crippen molar-refractivity contribution < 1.29 is 4.79 Å². The number of nitrogens with zero attached hydrogens (tertiary/aromatic N) is 2. The third-order valence-electron chi connectivity index (χ3n) is 3.18. The lowest BCUT2D eigenvalue weighted by atomic mass is 10.1. The number of hydrogen-bond donors (Lipinski definition) is 1. The van der Waals surface area contributed by atoms with Crippen molar-refractivity contribution in [2.45, 2.75) is 19.1 Å². The van der Waals surface area contributed by atoms with Crippen LogP contribution in [0.1, 0.15) is 18.5 Å². The van der Waals surface area contributed by atoms with E-state index in [4.69, 9.17) is 4.99 Å². The molecule has 1 aromatic rings. The molecule has 2 aliphatic rings. The number of amides is 1. The first-order chi connectivity index (χ1) is 8.74. The van der Waals surface area contributed by atoms with Gasteiger partial charge in [0.05, 0.1) is 6.04 Å². The molecule has 0 aromatic heterocycles. The largest absolute Gasteiger partial charge is 0.335 e. The van der Waals surface area contributed by atoms with Crippen LogP contribution >= 0.6 is 11.8 Å². The number of fused-ring (bicyclic) bond motifs is 1. The molecule has 1 amide bonds. The molecule has 1 saturated heterocycles. The predicted molar refractivity (Wildman–Crippen MR) is 73.4 cm³/mol. The number of rotatable bonds is 2. The van der Waals surface area contributed by atoms with E-state index in [0.29, 0.717) is 0 Å². The van der Waals surface area contributed by atoms with Crippen molar-refractivity contribution in [1.82, 2.24) is 10.2 Å². The van der Waals surface area contributed by atoms with Gasteiger partial charge in [0.25, 0.3) is 0 Å². The van der Waals surface area contributed by atoms with Crippen molar-refractivity contribution in [3.05, 3.63) is 35.9 Å². The standard InChI is InChI=1S/C13H15N3OS/c1-9(17)14-12-8-18-13-15-11(7-16(12)13)10-5-3-2-4-6-10/h2-6,11-12H,7-8H2,1H3,(H,14,17). The highest BCUT2D eigenvalue weighted by atomic mass is 32.2. The molecule has 3 rings (SSSR count). The molecular weight excluding hydrogens is 246 g/mol. The van der Waals surface area contributed by atoms with E-state index in [2.05, 4.69) is 22.3 Å². The lowest BCUT2D eigenvalue weighted by molar-refractivity contribution is -0.120. The highest BCUT2D eigenvalue weighted by molar-refractivity contribution is 8.14. The van der Waals surface area contributed by atoms with Gasteiger partial charge in [-0.25, -0.2) is 0 Å². The highest BCUT2D eigenvalue weighted by Crippen LogP contribution is 2.34. The first-order valence-corrected chi connectivity index (χ1v) is 7.02. The normalized spacial score (nSPS) is 25.8. The van der Waals surface area contributed by atoms with E-state index in [0.717, 1.165) is 17.5 Å². The van der Waals surface area contributed by atoms with Gasteiger partial charge in [-0.2, -0.15) is 0 Å². The summed E-state index contributed by atoms with van der Waals surface area (Å²) in [7, 11) is 0. The molecule has 18 heavy (non-hydrogen) atoms. The molecule has 2 atom stereocenters. The molecule has 0 aliphatic carbocycles. The predicted octanol–water partition coefficient (Wildman–Crippen LogP) is 1.61. The molecule has 2 unspecified atom stereocenters. The van der Waals surface area contributed by atoms with E-state index in [1.54, 1.807) is 18.7 Å².